The molecule has 0 aliphatic carbocycles. The molecular formula is C25H35N5O. The van der Waals surface area contributed by atoms with Gasteiger partial charge in [0.2, 0.25) is 5.91 Å². The van der Waals surface area contributed by atoms with Crippen LogP contribution in [0.25, 0.3) is 0 Å². The van der Waals surface area contributed by atoms with Crippen molar-refractivity contribution in [2.45, 2.75) is 39.3 Å². The molecule has 1 unspecified atom stereocenters. The van der Waals surface area contributed by atoms with E-state index in [1.165, 1.54) is 16.7 Å². The Morgan fingerprint density at radius 2 is 1.87 bits per heavy atom. The summed E-state index contributed by atoms with van der Waals surface area (Å²) in [6, 6.07) is 19.0. The number of hydrogen-bond acceptors (Lipinski definition) is 3. The van der Waals surface area contributed by atoms with Crippen LogP contribution in [0.4, 0.5) is 0 Å². The Bertz CT molecular complexity index is 852. The second-order valence-corrected chi connectivity index (χ2v) is 8.15. The minimum atomic E-state index is -0.177. The molecule has 3 rings (SSSR count). The van der Waals surface area contributed by atoms with E-state index in [9.17, 15) is 4.79 Å². The highest BCUT2D eigenvalue weighted by molar-refractivity contribution is 5.79. The van der Waals surface area contributed by atoms with Gasteiger partial charge in [0.15, 0.2) is 5.96 Å². The van der Waals surface area contributed by atoms with Crippen LogP contribution in [0.2, 0.25) is 0 Å². The molecule has 0 aromatic heterocycles. The Balaban J connectivity index is 1.53. The number of aliphatic imine (C=N–C) groups is 1. The molecule has 2 aromatic rings. The number of nitrogens with two attached hydrogens (primary N) is 1. The van der Waals surface area contributed by atoms with Gasteiger partial charge in [-0.25, -0.2) is 4.99 Å². The number of guanidine groups is 1. The van der Waals surface area contributed by atoms with Gasteiger partial charge < -0.3 is 16.4 Å². The first kappa shape index (κ1) is 22.8. The Kier molecular flexibility index (Phi) is 8.91. The van der Waals surface area contributed by atoms with E-state index in [1.807, 2.05) is 6.07 Å². The summed E-state index contributed by atoms with van der Waals surface area (Å²) in [5.74, 6) is 0.638. The molecule has 0 bridgehead atoms. The van der Waals surface area contributed by atoms with E-state index in [4.69, 9.17) is 10.7 Å². The third-order valence-corrected chi connectivity index (χ3v) is 5.62. The number of carbonyl (C=O) groups is 1. The molecule has 2 aromatic carbocycles. The van der Waals surface area contributed by atoms with Gasteiger partial charge in [0.1, 0.15) is 0 Å². The number of nitrogens with zero attached hydrogens (tertiary/aromatic N) is 2. The largest absolute Gasteiger partial charge is 0.369 e. The minimum Gasteiger partial charge on any atom is -0.369 e. The average molecular weight is 422 g/mol. The third kappa shape index (κ3) is 7.72. The van der Waals surface area contributed by atoms with Crippen LogP contribution in [0, 0.1) is 5.92 Å². The van der Waals surface area contributed by atoms with Crippen LogP contribution in [0.15, 0.2) is 59.6 Å². The first-order chi connectivity index (χ1) is 15.1. The van der Waals surface area contributed by atoms with Gasteiger partial charge in [-0.1, -0.05) is 54.6 Å². The van der Waals surface area contributed by atoms with E-state index in [2.05, 4.69) is 71.0 Å². The second-order valence-electron chi connectivity index (χ2n) is 8.15. The molecule has 1 aliphatic heterocycles. The quantitative estimate of drug-likeness (QED) is 0.429. The molecule has 166 valence electrons. The number of rotatable bonds is 9. The molecule has 1 fully saturated rings. The maximum atomic E-state index is 11.5. The first-order valence-electron chi connectivity index (χ1n) is 11.3. The molecule has 1 amide bonds. The Morgan fingerprint density at radius 3 is 2.65 bits per heavy atom. The second kappa shape index (κ2) is 12.1. The number of likely N-dealkylation sites (tertiary alicyclic amines) is 1. The van der Waals surface area contributed by atoms with Crippen molar-refractivity contribution >= 4 is 11.9 Å². The molecular weight excluding hydrogens is 386 g/mol. The lowest BCUT2D eigenvalue weighted by Crippen LogP contribution is -2.40. The number of piperidine rings is 1. The maximum Gasteiger partial charge on any atom is 0.221 e. The van der Waals surface area contributed by atoms with E-state index < -0.39 is 0 Å². The third-order valence-electron chi connectivity index (χ3n) is 5.62. The predicted molar refractivity (Wildman–Crippen MR) is 127 cm³/mol. The summed E-state index contributed by atoms with van der Waals surface area (Å²) in [7, 11) is 0. The van der Waals surface area contributed by atoms with E-state index in [0.29, 0.717) is 6.54 Å². The number of carbonyl (C=O) groups excluding carboxylic acids is 1. The molecule has 0 saturated carbocycles. The molecule has 1 saturated heterocycles. The Hall–Kier alpha value is -2.86. The van der Waals surface area contributed by atoms with Crippen molar-refractivity contribution in [2.24, 2.45) is 16.6 Å². The number of amides is 1. The van der Waals surface area contributed by atoms with E-state index >= 15 is 0 Å². The Labute approximate surface area is 185 Å². The lowest BCUT2D eigenvalue weighted by atomic mass is 9.97. The van der Waals surface area contributed by atoms with Crippen LogP contribution in [0.5, 0.6) is 0 Å². The van der Waals surface area contributed by atoms with Crippen LogP contribution in [0.1, 0.15) is 36.5 Å². The van der Waals surface area contributed by atoms with Gasteiger partial charge in [-0.2, -0.15) is 0 Å². The number of nitrogens with one attached hydrogen (secondary N) is 2. The summed E-state index contributed by atoms with van der Waals surface area (Å²) in [5.41, 5.74) is 9.26. The summed E-state index contributed by atoms with van der Waals surface area (Å²) < 4.78 is 0. The molecule has 1 aliphatic rings. The molecule has 6 nitrogen and oxygen atoms in total. The fourth-order valence-electron chi connectivity index (χ4n) is 4.00. The monoisotopic (exact) mass is 421 g/mol. The zero-order chi connectivity index (χ0) is 21.9. The van der Waals surface area contributed by atoms with Crippen molar-refractivity contribution in [3.63, 3.8) is 0 Å². The summed E-state index contributed by atoms with van der Waals surface area (Å²) in [4.78, 5) is 18.6. The summed E-state index contributed by atoms with van der Waals surface area (Å²) in [6.07, 6.45) is 2.90. The molecule has 6 heteroatoms. The van der Waals surface area contributed by atoms with Crippen LogP contribution in [-0.4, -0.2) is 42.9 Å². The summed E-state index contributed by atoms with van der Waals surface area (Å²) in [5, 5.41) is 6.74. The first-order valence-corrected chi connectivity index (χ1v) is 11.3. The molecule has 0 spiro atoms. The van der Waals surface area contributed by atoms with Gasteiger partial charge >= 0.3 is 0 Å². The van der Waals surface area contributed by atoms with Crippen LogP contribution < -0.4 is 16.4 Å². The molecule has 1 atom stereocenters. The average Bonchev–Trinajstić information content (AvgIpc) is 2.78. The minimum absolute atomic E-state index is 0.0221. The van der Waals surface area contributed by atoms with Crippen molar-refractivity contribution in [1.29, 1.82) is 0 Å². The van der Waals surface area contributed by atoms with E-state index in [1.54, 1.807) is 0 Å². The molecule has 1 heterocycles. The molecule has 31 heavy (non-hydrogen) atoms. The summed E-state index contributed by atoms with van der Waals surface area (Å²) in [6.45, 7) is 6.98. The fourth-order valence-corrected chi connectivity index (χ4v) is 4.00. The van der Waals surface area contributed by atoms with Crippen molar-refractivity contribution in [3.8, 4) is 0 Å². The van der Waals surface area contributed by atoms with Crippen molar-refractivity contribution in [1.82, 2.24) is 15.5 Å². The molecule has 4 N–H and O–H groups in total. The highest BCUT2D eigenvalue weighted by atomic mass is 16.1. The molecule has 0 radical (unpaired) electrons. The predicted octanol–water partition coefficient (Wildman–Crippen LogP) is 2.68. The zero-order valence-corrected chi connectivity index (χ0v) is 18.5. The fraction of sp³-hybridized carbons (Fsp3) is 0.440. The van der Waals surface area contributed by atoms with Crippen molar-refractivity contribution in [2.75, 3.05) is 26.2 Å². The number of primary amides is 1. The van der Waals surface area contributed by atoms with E-state index in [0.717, 1.165) is 57.9 Å². The SMILES string of the molecule is CCNC(=NCc1cccc(CN2CCCC(C(N)=O)C2)c1)NCCc1ccccc1. The van der Waals surface area contributed by atoms with E-state index in [-0.39, 0.29) is 11.8 Å². The highest BCUT2D eigenvalue weighted by Gasteiger charge is 2.23. The van der Waals surface area contributed by atoms with Crippen LogP contribution in [-0.2, 0) is 24.3 Å². The Morgan fingerprint density at radius 1 is 1.10 bits per heavy atom. The van der Waals surface area contributed by atoms with Gasteiger partial charge in [0, 0.05) is 26.2 Å². The standard InChI is InChI=1S/C25H35N5O/c1-2-27-25(28-14-13-20-8-4-3-5-9-20)29-17-21-10-6-11-22(16-21)18-30-15-7-12-23(19-30)24(26)31/h3-6,8-11,16,23H,2,7,12-15,17-19H2,1H3,(H2,26,31)(H2,27,28,29). The number of hydrogen-bond donors (Lipinski definition) is 3. The van der Waals surface area contributed by atoms with Crippen molar-refractivity contribution in [3.05, 3.63) is 71.3 Å². The number of benzene rings is 2. The van der Waals surface area contributed by atoms with Crippen LogP contribution in [0.3, 0.4) is 0 Å². The topological polar surface area (TPSA) is 82.8 Å². The van der Waals surface area contributed by atoms with Gasteiger partial charge in [0.05, 0.1) is 12.5 Å². The van der Waals surface area contributed by atoms with Gasteiger partial charge in [-0.3, -0.25) is 9.69 Å². The van der Waals surface area contributed by atoms with Gasteiger partial charge in [-0.15, -0.1) is 0 Å². The lowest BCUT2D eigenvalue weighted by molar-refractivity contribution is -0.123. The zero-order valence-electron chi connectivity index (χ0n) is 18.5. The smallest absolute Gasteiger partial charge is 0.221 e. The normalized spacial score (nSPS) is 17.3. The van der Waals surface area contributed by atoms with Gasteiger partial charge in [-0.05, 0) is 49.4 Å². The summed E-state index contributed by atoms with van der Waals surface area (Å²) >= 11 is 0. The lowest BCUT2D eigenvalue weighted by Gasteiger charge is -2.31. The van der Waals surface area contributed by atoms with Crippen LogP contribution >= 0.6 is 0 Å². The highest BCUT2D eigenvalue weighted by Crippen LogP contribution is 2.19. The van der Waals surface area contributed by atoms with Crippen molar-refractivity contribution < 1.29 is 4.79 Å². The van der Waals surface area contributed by atoms with Gasteiger partial charge in [0.25, 0.3) is 0 Å². The maximum absolute atomic E-state index is 11.5.